The van der Waals surface area contributed by atoms with Gasteiger partial charge in [-0.25, -0.2) is 13.4 Å². The molecule has 0 amide bonds. The number of piperidine rings is 1. The summed E-state index contributed by atoms with van der Waals surface area (Å²) in [6, 6.07) is 16.6. The fourth-order valence-electron chi connectivity index (χ4n) is 3.76. The molecule has 1 aliphatic heterocycles. The van der Waals surface area contributed by atoms with E-state index in [1.165, 1.54) is 19.3 Å². The minimum absolute atomic E-state index is 0.0658. The van der Waals surface area contributed by atoms with Crippen LogP contribution in [0.15, 0.2) is 54.6 Å². The van der Waals surface area contributed by atoms with Crippen molar-refractivity contribution in [1.29, 1.82) is 0 Å². The van der Waals surface area contributed by atoms with E-state index in [4.69, 9.17) is 0 Å². The number of anilines is 4. The molecule has 4 rings (SSSR count). The highest BCUT2D eigenvalue weighted by atomic mass is 32.2. The molecule has 2 heterocycles. The van der Waals surface area contributed by atoms with Crippen LogP contribution in [0.4, 0.5) is 23.1 Å². The summed E-state index contributed by atoms with van der Waals surface area (Å²) in [5.41, 5.74) is 4.07. The van der Waals surface area contributed by atoms with Gasteiger partial charge in [-0.3, -0.25) is 4.72 Å². The Hall–Kier alpha value is -3.13. The van der Waals surface area contributed by atoms with Crippen molar-refractivity contribution in [3.05, 3.63) is 71.4 Å². The van der Waals surface area contributed by atoms with Crippen LogP contribution in [-0.2, 0) is 15.8 Å². The number of aryl methyl sites for hydroxylation is 2. The van der Waals surface area contributed by atoms with Crippen molar-refractivity contribution < 1.29 is 8.42 Å². The van der Waals surface area contributed by atoms with Gasteiger partial charge in [0.1, 0.15) is 5.82 Å². The van der Waals surface area contributed by atoms with Gasteiger partial charge in [-0.15, -0.1) is 0 Å². The molecule has 0 atom stereocenters. The minimum Gasteiger partial charge on any atom is -0.356 e. The maximum absolute atomic E-state index is 12.5. The lowest BCUT2D eigenvalue weighted by Gasteiger charge is -2.28. The standard InChI is InChI=1S/C24H29N5O2S/c1-18-6-8-20(9-7-18)17-32(30,31)28-22-12-10-21(11-13-22)26-24-25-19(2)16-23(27-24)29-14-4-3-5-15-29/h6-13,16,28H,3-5,14-15,17H2,1-2H3,(H,25,26,27). The summed E-state index contributed by atoms with van der Waals surface area (Å²) in [4.78, 5) is 11.5. The molecule has 1 fully saturated rings. The second-order valence-corrected chi connectivity index (χ2v) is 10.0. The van der Waals surface area contributed by atoms with Crippen LogP contribution in [0.3, 0.4) is 0 Å². The van der Waals surface area contributed by atoms with E-state index in [2.05, 4.69) is 24.9 Å². The molecule has 0 aliphatic carbocycles. The molecule has 2 aromatic carbocycles. The summed E-state index contributed by atoms with van der Waals surface area (Å²) in [5.74, 6) is 1.42. The van der Waals surface area contributed by atoms with Crippen LogP contribution in [-0.4, -0.2) is 31.5 Å². The van der Waals surface area contributed by atoms with E-state index in [-0.39, 0.29) is 5.75 Å². The Morgan fingerprint density at radius 1 is 0.875 bits per heavy atom. The molecular weight excluding hydrogens is 422 g/mol. The number of nitrogens with one attached hydrogen (secondary N) is 2. The van der Waals surface area contributed by atoms with Crippen LogP contribution in [0, 0.1) is 13.8 Å². The van der Waals surface area contributed by atoms with Gasteiger partial charge < -0.3 is 10.2 Å². The molecule has 0 bridgehead atoms. The van der Waals surface area contributed by atoms with Gasteiger partial charge in [0.15, 0.2) is 0 Å². The minimum atomic E-state index is -3.50. The molecule has 1 aliphatic rings. The second-order valence-electron chi connectivity index (χ2n) is 8.29. The van der Waals surface area contributed by atoms with E-state index in [9.17, 15) is 8.42 Å². The lowest BCUT2D eigenvalue weighted by molar-refractivity contribution is 0.573. The van der Waals surface area contributed by atoms with Crippen molar-refractivity contribution in [2.75, 3.05) is 28.0 Å². The van der Waals surface area contributed by atoms with E-state index in [1.807, 2.05) is 56.3 Å². The smallest absolute Gasteiger partial charge is 0.236 e. The Morgan fingerprint density at radius 2 is 1.53 bits per heavy atom. The fraction of sp³-hybridized carbons (Fsp3) is 0.333. The lowest BCUT2D eigenvalue weighted by Crippen LogP contribution is -2.30. The van der Waals surface area contributed by atoms with Crippen LogP contribution >= 0.6 is 0 Å². The van der Waals surface area contributed by atoms with E-state index < -0.39 is 10.0 Å². The normalized spacial score (nSPS) is 14.2. The molecule has 0 radical (unpaired) electrons. The zero-order valence-corrected chi connectivity index (χ0v) is 19.3. The van der Waals surface area contributed by atoms with Crippen molar-refractivity contribution in [3.8, 4) is 0 Å². The maximum Gasteiger partial charge on any atom is 0.236 e. The molecule has 3 aromatic rings. The molecule has 2 N–H and O–H groups in total. The lowest BCUT2D eigenvalue weighted by atomic mass is 10.1. The summed E-state index contributed by atoms with van der Waals surface area (Å²) >= 11 is 0. The number of hydrogen-bond acceptors (Lipinski definition) is 6. The van der Waals surface area contributed by atoms with E-state index in [0.29, 0.717) is 11.6 Å². The van der Waals surface area contributed by atoms with Crippen LogP contribution in [0.1, 0.15) is 36.1 Å². The first-order valence-electron chi connectivity index (χ1n) is 10.9. The van der Waals surface area contributed by atoms with E-state index in [0.717, 1.165) is 41.4 Å². The second kappa shape index (κ2) is 9.56. The van der Waals surface area contributed by atoms with Crippen molar-refractivity contribution in [3.63, 3.8) is 0 Å². The Labute approximate surface area is 190 Å². The van der Waals surface area contributed by atoms with Gasteiger partial charge in [0, 0.05) is 36.2 Å². The van der Waals surface area contributed by atoms with Gasteiger partial charge in [-0.05, 0) is 62.9 Å². The van der Waals surface area contributed by atoms with Crippen molar-refractivity contribution >= 4 is 33.2 Å². The Balaban J connectivity index is 1.41. The van der Waals surface area contributed by atoms with Gasteiger partial charge in [0.25, 0.3) is 0 Å². The number of benzene rings is 2. The van der Waals surface area contributed by atoms with Gasteiger partial charge >= 0.3 is 0 Å². The van der Waals surface area contributed by atoms with E-state index >= 15 is 0 Å². The third-order valence-corrected chi connectivity index (χ3v) is 6.67. The number of aromatic nitrogens is 2. The third-order valence-electron chi connectivity index (χ3n) is 5.41. The number of nitrogens with zero attached hydrogens (tertiary/aromatic N) is 3. The average molecular weight is 452 g/mol. The van der Waals surface area contributed by atoms with Gasteiger partial charge in [0.2, 0.25) is 16.0 Å². The van der Waals surface area contributed by atoms with Crippen molar-refractivity contribution in [2.24, 2.45) is 0 Å². The zero-order valence-electron chi connectivity index (χ0n) is 18.5. The third kappa shape index (κ3) is 5.97. The highest BCUT2D eigenvalue weighted by Gasteiger charge is 2.15. The monoisotopic (exact) mass is 451 g/mol. The quantitative estimate of drug-likeness (QED) is 0.538. The predicted molar refractivity (Wildman–Crippen MR) is 130 cm³/mol. The highest BCUT2D eigenvalue weighted by Crippen LogP contribution is 2.23. The average Bonchev–Trinajstić information content (AvgIpc) is 2.77. The topological polar surface area (TPSA) is 87.2 Å². The van der Waals surface area contributed by atoms with Crippen LogP contribution < -0.4 is 14.9 Å². The molecule has 8 heteroatoms. The number of hydrogen-bond donors (Lipinski definition) is 2. The molecular formula is C24H29N5O2S. The van der Waals surface area contributed by atoms with E-state index in [1.54, 1.807) is 12.1 Å². The number of sulfonamides is 1. The van der Waals surface area contributed by atoms with Crippen LogP contribution in [0.5, 0.6) is 0 Å². The highest BCUT2D eigenvalue weighted by molar-refractivity contribution is 7.91. The molecule has 1 saturated heterocycles. The van der Waals surface area contributed by atoms with Gasteiger partial charge in [-0.1, -0.05) is 29.8 Å². The summed E-state index contributed by atoms with van der Waals surface area (Å²) in [5, 5.41) is 3.23. The SMILES string of the molecule is Cc1ccc(CS(=O)(=O)Nc2ccc(Nc3nc(C)cc(N4CCCCC4)n3)cc2)cc1. The molecule has 1 aromatic heterocycles. The van der Waals surface area contributed by atoms with Crippen LogP contribution in [0.25, 0.3) is 0 Å². The number of rotatable bonds is 7. The first kappa shape index (κ1) is 22.1. The zero-order chi connectivity index (χ0) is 22.6. The maximum atomic E-state index is 12.5. The first-order chi connectivity index (χ1) is 15.4. The molecule has 0 spiro atoms. The molecule has 0 unspecified atom stereocenters. The Kier molecular flexibility index (Phi) is 6.60. The summed E-state index contributed by atoms with van der Waals surface area (Å²) in [7, 11) is -3.50. The fourth-order valence-corrected chi connectivity index (χ4v) is 4.96. The molecule has 32 heavy (non-hydrogen) atoms. The van der Waals surface area contributed by atoms with Gasteiger partial charge in [-0.2, -0.15) is 4.98 Å². The van der Waals surface area contributed by atoms with Crippen molar-refractivity contribution in [2.45, 2.75) is 38.9 Å². The van der Waals surface area contributed by atoms with Gasteiger partial charge in [0.05, 0.1) is 5.75 Å². The first-order valence-corrected chi connectivity index (χ1v) is 12.6. The summed E-state index contributed by atoms with van der Waals surface area (Å²) < 4.78 is 27.6. The Bertz CT molecular complexity index is 1160. The Morgan fingerprint density at radius 3 is 2.22 bits per heavy atom. The molecule has 168 valence electrons. The summed E-state index contributed by atoms with van der Waals surface area (Å²) in [6.45, 7) is 5.98. The van der Waals surface area contributed by atoms with Crippen molar-refractivity contribution in [1.82, 2.24) is 9.97 Å². The summed E-state index contributed by atoms with van der Waals surface area (Å²) in [6.07, 6.45) is 3.65. The molecule has 7 nitrogen and oxygen atoms in total. The van der Waals surface area contributed by atoms with Crippen LogP contribution in [0.2, 0.25) is 0 Å². The largest absolute Gasteiger partial charge is 0.356 e. The predicted octanol–water partition coefficient (Wildman–Crippen LogP) is 4.77. The molecule has 0 saturated carbocycles.